The summed E-state index contributed by atoms with van der Waals surface area (Å²) in [6, 6.07) is 14.6. The Labute approximate surface area is 244 Å². The van der Waals surface area contributed by atoms with Gasteiger partial charge in [-0.3, -0.25) is 0 Å². The van der Waals surface area contributed by atoms with Gasteiger partial charge in [-0.2, -0.15) is 0 Å². The SMILES string of the molecule is COc1cnc(-n2cnc(C)n2)c2[nH]cc(C(=O)C(=O)N3CCI([I-]c4ncccc4-c4ccccc4)CC3)c12. The molecule has 1 amide bonds. The van der Waals surface area contributed by atoms with Crippen LogP contribution in [0, 0.1) is 10.6 Å². The Morgan fingerprint density at radius 3 is 2.58 bits per heavy atom. The second-order valence-electron chi connectivity index (χ2n) is 9.01. The van der Waals surface area contributed by atoms with E-state index in [2.05, 4.69) is 50.4 Å². The summed E-state index contributed by atoms with van der Waals surface area (Å²) >= 11 is -1.49. The maximum absolute atomic E-state index is 13.5. The molecule has 1 fully saturated rings. The van der Waals surface area contributed by atoms with E-state index in [1.807, 2.05) is 18.3 Å². The van der Waals surface area contributed by atoms with Gasteiger partial charge in [0.2, 0.25) is 0 Å². The molecule has 1 N–H and O–H groups in total. The summed E-state index contributed by atoms with van der Waals surface area (Å²) in [5.74, 6) is 0.454. The first kappa shape index (κ1) is 26.8. The molecule has 0 atom stereocenters. The van der Waals surface area contributed by atoms with Gasteiger partial charge in [-0.15, -0.1) is 0 Å². The Balaban J connectivity index is 1.18. The van der Waals surface area contributed by atoms with Crippen LogP contribution < -0.4 is 22.0 Å². The molecule has 0 aliphatic carbocycles. The molecule has 206 valence electrons. The molecule has 40 heavy (non-hydrogen) atoms. The molecular formula is C28H26I2N7O3-. The third-order valence-corrected chi connectivity index (χ3v) is 23.6. The van der Waals surface area contributed by atoms with Gasteiger partial charge in [0, 0.05) is 0 Å². The Morgan fingerprint density at radius 2 is 1.85 bits per heavy atom. The fourth-order valence-corrected chi connectivity index (χ4v) is 20.3. The summed E-state index contributed by atoms with van der Waals surface area (Å²) < 4.78 is 10.3. The van der Waals surface area contributed by atoms with E-state index in [4.69, 9.17) is 9.72 Å². The molecular weight excluding hydrogens is 736 g/mol. The molecule has 5 heterocycles. The van der Waals surface area contributed by atoms with Crippen LogP contribution in [0.4, 0.5) is 0 Å². The van der Waals surface area contributed by atoms with E-state index >= 15 is 0 Å². The number of rotatable bonds is 7. The van der Waals surface area contributed by atoms with Crippen molar-refractivity contribution < 1.29 is 31.6 Å². The average Bonchev–Trinajstić information content (AvgIpc) is 3.64. The first-order valence-corrected chi connectivity index (χ1v) is 23.0. The van der Waals surface area contributed by atoms with Crippen LogP contribution in [-0.2, 0) is 4.79 Å². The van der Waals surface area contributed by atoms with E-state index in [1.165, 1.54) is 32.8 Å². The monoisotopic (exact) mass is 762 g/mol. The molecule has 4 aromatic heterocycles. The van der Waals surface area contributed by atoms with E-state index in [-0.39, 0.29) is 22.8 Å². The number of pyridine rings is 2. The number of ether oxygens (including phenoxy) is 1. The van der Waals surface area contributed by atoms with Crippen molar-refractivity contribution in [1.29, 1.82) is 0 Å². The quantitative estimate of drug-likeness (QED) is 0.0863. The number of amides is 1. The fraction of sp³-hybridized carbons (Fsp3) is 0.214. The summed E-state index contributed by atoms with van der Waals surface area (Å²) in [6.07, 6.45) is 6.54. The minimum absolute atomic E-state index is 0.208. The van der Waals surface area contributed by atoms with Crippen molar-refractivity contribution in [3.63, 3.8) is 0 Å². The summed E-state index contributed by atoms with van der Waals surface area (Å²) in [5.41, 5.74) is 3.26. The van der Waals surface area contributed by atoms with Crippen LogP contribution >= 0.6 is 15.8 Å². The maximum atomic E-state index is 13.5. The number of hydrogen-bond acceptors (Lipinski definition) is 7. The summed E-state index contributed by atoms with van der Waals surface area (Å²) in [5, 5.41) is 4.85. The van der Waals surface area contributed by atoms with Crippen LogP contribution in [0.2, 0.25) is 0 Å². The standard InChI is InChI=1S/C28H26I2N7O3/c1-18-34-17-37(35-18)27-24-23(22(40-2)16-33-27)21(15-32-24)25(38)28(39)36-13-10-30(11-14-36)29-26-20(9-6-12-31-26)19-7-4-3-5-8-19/h3-9,12,15-17,32H,10-11,13-14H2,1-2H3/q-1. The topological polar surface area (TPSA) is 119 Å². The molecule has 6 rings (SSSR count). The third-order valence-electron chi connectivity index (χ3n) is 6.56. The molecule has 5 aromatic rings. The molecule has 0 bridgehead atoms. The van der Waals surface area contributed by atoms with Gasteiger partial charge < -0.3 is 0 Å². The van der Waals surface area contributed by atoms with Gasteiger partial charge in [0.05, 0.1) is 0 Å². The molecule has 1 aromatic carbocycles. The molecule has 0 radical (unpaired) electrons. The number of hydrogen-bond donors (Lipinski definition) is 1. The minimum atomic E-state index is -1.28. The van der Waals surface area contributed by atoms with Crippen molar-refractivity contribution in [3.8, 4) is 22.7 Å². The number of aromatic amines is 1. The van der Waals surface area contributed by atoms with Gasteiger partial charge in [-0.05, 0) is 6.92 Å². The van der Waals surface area contributed by atoms with Crippen molar-refractivity contribution in [2.45, 2.75) is 6.92 Å². The van der Waals surface area contributed by atoms with Crippen LogP contribution in [0.5, 0.6) is 5.75 Å². The summed E-state index contributed by atoms with van der Waals surface area (Å²) in [4.78, 5) is 45.1. The van der Waals surface area contributed by atoms with Gasteiger partial charge in [0.15, 0.2) is 0 Å². The van der Waals surface area contributed by atoms with Gasteiger partial charge in [-0.25, -0.2) is 0 Å². The molecule has 10 nitrogen and oxygen atoms in total. The number of ketones is 1. The summed E-state index contributed by atoms with van der Waals surface area (Å²) in [7, 11) is 1.52. The number of carbonyl (C=O) groups excluding carboxylic acids is 2. The zero-order valence-corrected chi connectivity index (χ0v) is 26.2. The number of methoxy groups -OCH3 is 1. The normalized spacial score (nSPS) is 14.6. The van der Waals surface area contributed by atoms with Crippen LogP contribution in [0.3, 0.4) is 0 Å². The molecule has 1 saturated heterocycles. The predicted molar refractivity (Wildman–Crippen MR) is 155 cm³/mol. The second kappa shape index (κ2) is 11.6. The number of aromatic nitrogens is 6. The van der Waals surface area contributed by atoms with Crippen molar-refractivity contribution in [1.82, 2.24) is 34.6 Å². The van der Waals surface area contributed by atoms with Crippen molar-refractivity contribution in [3.05, 3.63) is 82.5 Å². The van der Waals surface area contributed by atoms with E-state index in [0.717, 1.165) is 8.86 Å². The van der Waals surface area contributed by atoms with Gasteiger partial charge in [0.1, 0.15) is 0 Å². The number of nitrogens with one attached hydrogen (secondary N) is 1. The zero-order chi connectivity index (χ0) is 27.6. The Kier molecular flexibility index (Phi) is 7.78. The number of halogens is 2. The number of nitrogens with zero attached hydrogens (tertiary/aromatic N) is 6. The first-order valence-electron chi connectivity index (χ1n) is 12.6. The second-order valence-corrected chi connectivity index (χ2v) is 25.3. The van der Waals surface area contributed by atoms with Crippen LogP contribution in [0.1, 0.15) is 16.2 Å². The summed E-state index contributed by atoms with van der Waals surface area (Å²) in [6.45, 7) is 3.02. The van der Waals surface area contributed by atoms with E-state index < -0.39 is 27.5 Å². The van der Waals surface area contributed by atoms with E-state index in [0.29, 0.717) is 41.4 Å². The van der Waals surface area contributed by atoms with Crippen LogP contribution in [0.25, 0.3) is 27.8 Å². The van der Waals surface area contributed by atoms with Crippen molar-refractivity contribution >= 4 is 38.4 Å². The average molecular weight is 762 g/mol. The number of fused-ring (bicyclic) bond motifs is 1. The predicted octanol–water partition coefficient (Wildman–Crippen LogP) is 0.928. The number of benzene rings is 1. The number of Topliss-reactive ketones (excluding diaryl/α,β-unsaturated/α-hetero) is 1. The van der Waals surface area contributed by atoms with Crippen LogP contribution in [0.15, 0.2) is 67.4 Å². The molecule has 0 unspecified atom stereocenters. The number of carbonyl (C=O) groups is 2. The number of H-pyrrole nitrogens is 1. The van der Waals surface area contributed by atoms with E-state index in [9.17, 15) is 9.59 Å². The molecule has 0 spiro atoms. The molecule has 1 aliphatic rings. The van der Waals surface area contributed by atoms with Crippen LogP contribution in [-0.4, -0.2) is 75.4 Å². The Hall–Kier alpha value is -3.40. The first-order chi connectivity index (χ1) is 19.5. The fourth-order valence-electron chi connectivity index (χ4n) is 4.56. The third kappa shape index (κ3) is 5.21. The number of alkyl halides is 2. The molecule has 1 aliphatic heterocycles. The van der Waals surface area contributed by atoms with Gasteiger partial charge >= 0.3 is 239 Å². The van der Waals surface area contributed by atoms with Crippen molar-refractivity contribution in [2.75, 3.05) is 29.1 Å². The number of aryl methyl sites for hydroxylation is 1. The molecule has 12 heteroatoms. The molecule has 0 saturated carbocycles. The Bertz CT molecular complexity index is 1690. The van der Waals surface area contributed by atoms with E-state index in [1.54, 1.807) is 24.3 Å². The van der Waals surface area contributed by atoms with Gasteiger partial charge in [0.25, 0.3) is 0 Å². The van der Waals surface area contributed by atoms with Crippen molar-refractivity contribution in [2.24, 2.45) is 0 Å². The van der Waals surface area contributed by atoms with Gasteiger partial charge in [-0.1, -0.05) is 0 Å². The zero-order valence-electron chi connectivity index (χ0n) is 21.8. The Morgan fingerprint density at radius 1 is 1.05 bits per heavy atom.